The highest BCUT2D eigenvalue weighted by molar-refractivity contribution is 5.69. The van der Waals surface area contributed by atoms with Gasteiger partial charge in [-0.2, -0.15) is 5.26 Å². The fourth-order valence-corrected chi connectivity index (χ4v) is 1.23. The third-order valence-corrected chi connectivity index (χ3v) is 1.86. The first-order valence-corrected chi connectivity index (χ1v) is 3.89. The monoisotopic (exact) mass is 169 g/mol. The van der Waals surface area contributed by atoms with E-state index in [1.54, 1.807) is 18.6 Å². The van der Waals surface area contributed by atoms with Crippen LogP contribution in [0.2, 0.25) is 0 Å². The number of nitriles is 1. The van der Waals surface area contributed by atoms with Crippen molar-refractivity contribution in [3.05, 3.63) is 42.5 Å². The molecular weight excluding hydrogens is 162 g/mol. The molecule has 0 atom stereocenters. The lowest BCUT2D eigenvalue weighted by molar-refractivity contribution is 1.33. The first-order valence-electron chi connectivity index (χ1n) is 3.89. The van der Waals surface area contributed by atoms with Gasteiger partial charge >= 0.3 is 0 Å². The normalized spacial score (nSPS) is 9.46. The standard InChI is InChI=1S/C10H7N3/c11-5-9-6-13-7-10(9)8-1-3-12-4-2-8/h1-4,6-7,13H. The summed E-state index contributed by atoms with van der Waals surface area (Å²) in [6.45, 7) is 0. The molecule has 3 nitrogen and oxygen atoms in total. The van der Waals surface area contributed by atoms with Gasteiger partial charge in [-0.3, -0.25) is 4.98 Å². The quantitative estimate of drug-likeness (QED) is 0.709. The Bertz CT molecular complexity index is 437. The number of hydrogen-bond acceptors (Lipinski definition) is 2. The first-order chi connectivity index (χ1) is 6.42. The minimum atomic E-state index is 0.659. The predicted octanol–water partition coefficient (Wildman–Crippen LogP) is 1.95. The van der Waals surface area contributed by atoms with Gasteiger partial charge in [0, 0.05) is 30.4 Å². The van der Waals surface area contributed by atoms with Gasteiger partial charge in [0.1, 0.15) is 6.07 Å². The second kappa shape index (κ2) is 3.11. The predicted molar refractivity (Wildman–Crippen MR) is 48.7 cm³/mol. The second-order valence-electron chi connectivity index (χ2n) is 2.63. The Hall–Kier alpha value is -2.08. The van der Waals surface area contributed by atoms with Gasteiger partial charge in [-0.05, 0) is 17.7 Å². The van der Waals surface area contributed by atoms with Gasteiger partial charge in [-0.25, -0.2) is 0 Å². The molecule has 2 heterocycles. The molecule has 0 aliphatic carbocycles. The van der Waals surface area contributed by atoms with Crippen LogP contribution in [0, 0.1) is 11.3 Å². The Morgan fingerprint density at radius 3 is 2.69 bits per heavy atom. The second-order valence-corrected chi connectivity index (χ2v) is 2.63. The molecule has 13 heavy (non-hydrogen) atoms. The van der Waals surface area contributed by atoms with Gasteiger partial charge in [0.15, 0.2) is 0 Å². The minimum absolute atomic E-state index is 0.659. The largest absolute Gasteiger partial charge is 0.366 e. The molecule has 0 fully saturated rings. The Morgan fingerprint density at radius 2 is 2.00 bits per heavy atom. The molecule has 0 amide bonds. The summed E-state index contributed by atoms with van der Waals surface area (Å²) < 4.78 is 0. The molecule has 2 aromatic heterocycles. The van der Waals surface area contributed by atoms with Crippen LogP contribution in [0.15, 0.2) is 36.9 Å². The molecule has 3 heteroatoms. The summed E-state index contributed by atoms with van der Waals surface area (Å²) >= 11 is 0. The van der Waals surface area contributed by atoms with Gasteiger partial charge in [-0.1, -0.05) is 0 Å². The summed E-state index contributed by atoms with van der Waals surface area (Å²) in [5.41, 5.74) is 2.59. The van der Waals surface area contributed by atoms with Gasteiger partial charge in [0.25, 0.3) is 0 Å². The fraction of sp³-hybridized carbons (Fsp3) is 0. The molecule has 0 aromatic carbocycles. The molecule has 0 aliphatic heterocycles. The lowest BCUT2D eigenvalue weighted by atomic mass is 10.1. The van der Waals surface area contributed by atoms with E-state index in [9.17, 15) is 0 Å². The zero-order valence-corrected chi connectivity index (χ0v) is 6.86. The van der Waals surface area contributed by atoms with E-state index in [-0.39, 0.29) is 0 Å². The third-order valence-electron chi connectivity index (χ3n) is 1.86. The maximum absolute atomic E-state index is 8.78. The van der Waals surface area contributed by atoms with Crippen molar-refractivity contribution in [3.8, 4) is 17.2 Å². The van der Waals surface area contributed by atoms with Crippen molar-refractivity contribution in [1.29, 1.82) is 5.26 Å². The zero-order valence-electron chi connectivity index (χ0n) is 6.86. The molecular formula is C10H7N3. The maximum Gasteiger partial charge on any atom is 0.101 e. The van der Waals surface area contributed by atoms with Gasteiger partial charge in [0.2, 0.25) is 0 Å². The van der Waals surface area contributed by atoms with Crippen LogP contribution in [-0.2, 0) is 0 Å². The number of hydrogen-bond donors (Lipinski definition) is 1. The Labute approximate surface area is 75.7 Å². The molecule has 2 aromatic rings. The molecule has 0 radical (unpaired) electrons. The van der Waals surface area contributed by atoms with Crippen molar-refractivity contribution in [2.75, 3.05) is 0 Å². The van der Waals surface area contributed by atoms with Crippen molar-refractivity contribution >= 4 is 0 Å². The summed E-state index contributed by atoms with van der Waals surface area (Å²) in [5, 5.41) is 8.78. The zero-order chi connectivity index (χ0) is 9.10. The highest BCUT2D eigenvalue weighted by atomic mass is 14.6. The van der Waals surface area contributed by atoms with Crippen LogP contribution >= 0.6 is 0 Å². The van der Waals surface area contributed by atoms with Crippen molar-refractivity contribution in [3.63, 3.8) is 0 Å². The SMILES string of the molecule is N#Cc1c[nH]cc1-c1ccncc1. The van der Waals surface area contributed by atoms with E-state index in [1.807, 2.05) is 18.3 Å². The molecule has 0 saturated heterocycles. The van der Waals surface area contributed by atoms with E-state index in [0.717, 1.165) is 11.1 Å². The highest BCUT2D eigenvalue weighted by Gasteiger charge is 2.03. The number of rotatable bonds is 1. The number of H-pyrrole nitrogens is 1. The van der Waals surface area contributed by atoms with Crippen molar-refractivity contribution < 1.29 is 0 Å². The molecule has 1 N–H and O–H groups in total. The van der Waals surface area contributed by atoms with Crippen LogP contribution in [0.4, 0.5) is 0 Å². The smallest absolute Gasteiger partial charge is 0.101 e. The molecule has 2 rings (SSSR count). The summed E-state index contributed by atoms with van der Waals surface area (Å²) in [7, 11) is 0. The van der Waals surface area contributed by atoms with Crippen LogP contribution < -0.4 is 0 Å². The average molecular weight is 169 g/mol. The number of pyridine rings is 1. The maximum atomic E-state index is 8.78. The molecule has 62 valence electrons. The highest BCUT2D eigenvalue weighted by Crippen LogP contribution is 2.21. The molecule has 0 unspecified atom stereocenters. The van der Waals surface area contributed by atoms with Crippen molar-refractivity contribution in [2.24, 2.45) is 0 Å². The molecule has 0 aliphatic rings. The number of aromatic amines is 1. The van der Waals surface area contributed by atoms with Gasteiger partial charge in [0.05, 0.1) is 5.56 Å². The van der Waals surface area contributed by atoms with Crippen molar-refractivity contribution in [1.82, 2.24) is 9.97 Å². The Balaban J connectivity index is 2.54. The topological polar surface area (TPSA) is 52.5 Å². The number of nitrogens with zero attached hydrogens (tertiary/aromatic N) is 2. The van der Waals surface area contributed by atoms with E-state index in [4.69, 9.17) is 5.26 Å². The average Bonchev–Trinajstić information content (AvgIpc) is 2.67. The van der Waals surface area contributed by atoms with Gasteiger partial charge in [-0.15, -0.1) is 0 Å². The lowest BCUT2D eigenvalue weighted by Crippen LogP contribution is -1.78. The third kappa shape index (κ3) is 1.30. The molecule has 0 saturated carbocycles. The number of nitrogens with one attached hydrogen (secondary N) is 1. The Kier molecular flexibility index (Phi) is 1.81. The number of aromatic nitrogens is 2. The fourth-order valence-electron chi connectivity index (χ4n) is 1.23. The minimum Gasteiger partial charge on any atom is -0.366 e. The summed E-state index contributed by atoms with van der Waals surface area (Å²) in [4.78, 5) is 6.82. The summed E-state index contributed by atoms with van der Waals surface area (Å²) in [6, 6.07) is 5.88. The van der Waals surface area contributed by atoms with Crippen LogP contribution in [0.3, 0.4) is 0 Å². The van der Waals surface area contributed by atoms with Gasteiger partial charge < -0.3 is 4.98 Å². The Morgan fingerprint density at radius 1 is 1.23 bits per heavy atom. The summed E-state index contributed by atoms with van der Waals surface area (Å²) in [6.07, 6.45) is 6.93. The van der Waals surface area contributed by atoms with E-state index in [1.165, 1.54) is 0 Å². The molecule has 0 spiro atoms. The van der Waals surface area contributed by atoms with Crippen LogP contribution in [0.1, 0.15) is 5.56 Å². The molecule has 0 bridgehead atoms. The van der Waals surface area contributed by atoms with Crippen LogP contribution in [-0.4, -0.2) is 9.97 Å². The van der Waals surface area contributed by atoms with Crippen LogP contribution in [0.5, 0.6) is 0 Å². The first kappa shape index (κ1) is 7.56. The lowest BCUT2D eigenvalue weighted by Gasteiger charge is -1.95. The van der Waals surface area contributed by atoms with E-state index >= 15 is 0 Å². The van der Waals surface area contributed by atoms with Crippen LogP contribution in [0.25, 0.3) is 11.1 Å². The van der Waals surface area contributed by atoms with E-state index < -0.39 is 0 Å². The van der Waals surface area contributed by atoms with E-state index in [2.05, 4.69) is 16.0 Å². The van der Waals surface area contributed by atoms with Crippen molar-refractivity contribution in [2.45, 2.75) is 0 Å². The van der Waals surface area contributed by atoms with E-state index in [0.29, 0.717) is 5.56 Å². The summed E-state index contributed by atoms with van der Waals surface area (Å²) in [5.74, 6) is 0.